The fourth-order valence-electron chi connectivity index (χ4n) is 7.68. The molecule has 0 aliphatic carbocycles. The van der Waals surface area contributed by atoms with Gasteiger partial charge in [0.2, 0.25) is 0 Å². The first-order chi connectivity index (χ1) is 23.5. The third-order valence-electron chi connectivity index (χ3n) is 10.3. The molecule has 0 unspecified atom stereocenters. The first-order valence-electron chi connectivity index (χ1n) is 16.8. The van der Waals surface area contributed by atoms with E-state index in [9.17, 15) is 0 Å². The molecule has 0 saturated heterocycles. The van der Waals surface area contributed by atoms with Crippen LogP contribution in [-0.2, 0) is 0 Å². The van der Waals surface area contributed by atoms with Crippen LogP contribution >= 0.6 is 0 Å². The fraction of sp³-hybridized carbons (Fsp3) is 0.0667. The molecule has 3 heteroatoms. The molecular weight excluding hydrogens is 597 g/mol. The molecule has 9 aromatic rings. The van der Waals surface area contributed by atoms with Crippen molar-refractivity contribution in [3.05, 3.63) is 169 Å². The predicted molar refractivity (Wildman–Crippen MR) is 208 cm³/mol. The van der Waals surface area contributed by atoms with Crippen LogP contribution in [0.3, 0.4) is 0 Å². The van der Waals surface area contributed by atoms with E-state index in [1.807, 2.05) is 0 Å². The van der Waals surface area contributed by atoms with E-state index in [-0.39, 0.29) is 0 Å². The second-order valence-electron chi connectivity index (χ2n) is 13.5. The Labute approximate surface area is 282 Å². The molecule has 48 heavy (non-hydrogen) atoms. The highest BCUT2D eigenvalue weighted by Crippen LogP contribution is 2.36. The minimum atomic E-state index is -1.86. The third kappa shape index (κ3) is 4.46. The van der Waals surface area contributed by atoms with E-state index in [0.717, 1.165) is 0 Å². The van der Waals surface area contributed by atoms with Crippen LogP contribution in [0.4, 0.5) is 0 Å². The lowest BCUT2D eigenvalue weighted by Gasteiger charge is -2.24. The van der Waals surface area contributed by atoms with Gasteiger partial charge >= 0.3 is 0 Å². The quantitative estimate of drug-likeness (QED) is 0.167. The fourth-order valence-corrected chi connectivity index (χ4v) is 10.0. The average molecular weight is 633 g/mol. The van der Waals surface area contributed by atoms with Gasteiger partial charge in [0.05, 0.1) is 22.1 Å². The van der Waals surface area contributed by atoms with Crippen LogP contribution in [-0.4, -0.2) is 17.2 Å². The second-order valence-corrected chi connectivity index (χ2v) is 18.0. The number of aryl methyl sites for hydroxylation is 1. The summed E-state index contributed by atoms with van der Waals surface area (Å²) in [5, 5.41) is 8.10. The Kier molecular flexibility index (Phi) is 6.53. The van der Waals surface area contributed by atoms with Crippen LogP contribution in [0.15, 0.2) is 164 Å². The van der Waals surface area contributed by atoms with Crippen LogP contribution in [0, 0.1) is 6.92 Å². The molecule has 0 bridgehead atoms. The smallest absolute Gasteiger partial charge is 0.112 e. The number of fused-ring (bicyclic) bond motifs is 6. The van der Waals surface area contributed by atoms with Crippen LogP contribution in [0.2, 0.25) is 13.1 Å². The van der Waals surface area contributed by atoms with Crippen molar-refractivity contribution in [2.45, 2.75) is 20.0 Å². The van der Waals surface area contributed by atoms with E-state index in [4.69, 9.17) is 0 Å². The summed E-state index contributed by atoms with van der Waals surface area (Å²) in [5.41, 5.74) is 10.9. The van der Waals surface area contributed by atoms with E-state index in [1.54, 1.807) is 0 Å². The predicted octanol–water partition coefficient (Wildman–Crippen LogP) is 10.7. The summed E-state index contributed by atoms with van der Waals surface area (Å²) in [5.74, 6) is 0. The lowest BCUT2D eigenvalue weighted by molar-refractivity contribution is 1.17. The van der Waals surface area contributed by atoms with Gasteiger partial charge in [0.1, 0.15) is 8.07 Å². The molecule has 0 fully saturated rings. The van der Waals surface area contributed by atoms with Gasteiger partial charge in [-0.25, -0.2) is 0 Å². The molecule has 2 heterocycles. The molecule has 0 saturated carbocycles. The Balaban J connectivity index is 1.18. The van der Waals surface area contributed by atoms with Gasteiger partial charge in [-0.2, -0.15) is 0 Å². The Morgan fingerprint density at radius 1 is 0.375 bits per heavy atom. The van der Waals surface area contributed by atoms with Gasteiger partial charge in [-0.05, 0) is 72.6 Å². The van der Waals surface area contributed by atoms with Crippen molar-refractivity contribution < 1.29 is 0 Å². The van der Waals surface area contributed by atoms with Crippen molar-refractivity contribution in [1.29, 1.82) is 0 Å². The van der Waals surface area contributed by atoms with E-state index in [0.29, 0.717) is 0 Å². The van der Waals surface area contributed by atoms with Crippen molar-refractivity contribution in [2.75, 3.05) is 0 Å². The number of hydrogen-bond acceptors (Lipinski definition) is 0. The largest absolute Gasteiger partial charge is 0.309 e. The molecule has 9 rings (SSSR count). The number of para-hydroxylation sites is 2. The SMILES string of the molecule is Cc1ccc2c(c1)c1ccccc1n2-c1cccc(-c2cccc(-n3c4ccccc4c4cc([Si](C)(C)c5ccccc5)ccc43)c2)c1. The maximum Gasteiger partial charge on any atom is 0.112 e. The Morgan fingerprint density at radius 2 is 0.875 bits per heavy atom. The molecule has 0 atom stereocenters. The summed E-state index contributed by atoms with van der Waals surface area (Å²) in [6, 6.07) is 60.6. The van der Waals surface area contributed by atoms with E-state index in [1.165, 1.54) is 82.1 Å². The van der Waals surface area contributed by atoms with Crippen molar-refractivity contribution in [2.24, 2.45) is 0 Å². The summed E-state index contributed by atoms with van der Waals surface area (Å²) in [7, 11) is -1.86. The minimum Gasteiger partial charge on any atom is -0.309 e. The van der Waals surface area contributed by atoms with Gasteiger partial charge in [0.25, 0.3) is 0 Å². The maximum absolute atomic E-state index is 2.47. The second kappa shape index (κ2) is 11.0. The summed E-state index contributed by atoms with van der Waals surface area (Å²) in [6.45, 7) is 7.09. The minimum absolute atomic E-state index is 1.17. The average Bonchev–Trinajstić information content (AvgIpc) is 3.64. The summed E-state index contributed by atoms with van der Waals surface area (Å²) in [4.78, 5) is 0. The molecule has 0 spiro atoms. The molecule has 0 radical (unpaired) electrons. The Hall–Kier alpha value is -5.64. The van der Waals surface area contributed by atoms with Gasteiger partial charge in [-0.3, -0.25) is 0 Å². The first-order valence-corrected chi connectivity index (χ1v) is 19.8. The lowest BCUT2D eigenvalue weighted by atomic mass is 10.0. The van der Waals surface area contributed by atoms with Crippen LogP contribution in [0.5, 0.6) is 0 Å². The zero-order valence-electron chi connectivity index (χ0n) is 27.5. The van der Waals surface area contributed by atoms with Crippen LogP contribution in [0.1, 0.15) is 5.56 Å². The highest BCUT2D eigenvalue weighted by Gasteiger charge is 2.27. The zero-order chi connectivity index (χ0) is 32.4. The van der Waals surface area contributed by atoms with Crippen molar-refractivity contribution in [3.63, 3.8) is 0 Å². The molecule has 7 aromatic carbocycles. The number of hydrogen-bond donors (Lipinski definition) is 0. The lowest BCUT2D eigenvalue weighted by Crippen LogP contribution is -2.52. The standard InChI is InChI=1S/C45H36N2Si/c1-31-23-25-44-40(27-31)38-19-7-9-21-42(38)46(44)34-15-11-13-32(28-34)33-14-12-16-35(29-33)47-43-22-10-8-20-39(43)41-30-37(24-26-45(41)47)48(2,3)36-17-5-4-6-18-36/h4-30H,1-3H3. The zero-order valence-corrected chi connectivity index (χ0v) is 28.5. The van der Waals surface area contributed by atoms with Gasteiger partial charge in [-0.15, -0.1) is 0 Å². The third-order valence-corrected chi connectivity index (χ3v) is 13.8. The van der Waals surface area contributed by atoms with E-state index >= 15 is 0 Å². The van der Waals surface area contributed by atoms with Crippen LogP contribution in [0.25, 0.3) is 66.1 Å². The number of nitrogens with zero attached hydrogens (tertiary/aromatic N) is 2. The molecule has 0 amide bonds. The highest BCUT2D eigenvalue weighted by atomic mass is 28.3. The highest BCUT2D eigenvalue weighted by molar-refractivity contribution is 7.00. The molecule has 0 aliphatic rings. The molecule has 2 nitrogen and oxygen atoms in total. The Bertz CT molecular complexity index is 2660. The van der Waals surface area contributed by atoms with Gasteiger partial charge in [-0.1, -0.05) is 138 Å². The van der Waals surface area contributed by atoms with Gasteiger partial charge in [0.15, 0.2) is 0 Å². The topological polar surface area (TPSA) is 9.86 Å². The normalized spacial score (nSPS) is 12.1. The molecule has 0 aliphatic heterocycles. The first kappa shape index (κ1) is 28.6. The Morgan fingerprint density at radius 3 is 1.48 bits per heavy atom. The van der Waals surface area contributed by atoms with Gasteiger partial charge < -0.3 is 9.13 Å². The summed E-state index contributed by atoms with van der Waals surface area (Å²) < 4.78 is 4.84. The number of aromatic nitrogens is 2. The van der Waals surface area contributed by atoms with Crippen molar-refractivity contribution >= 4 is 62.1 Å². The van der Waals surface area contributed by atoms with Gasteiger partial charge in [0, 0.05) is 32.9 Å². The summed E-state index contributed by atoms with van der Waals surface area (Å²) in [6.07, 6.45) is 0. The molecule has 230 valence electrons. The van der Waals surface area contributed by atoms with Crippen LogP contribution < -0.4 is 10.4 Å². The van der Waals surface area contributed by atoms with Crippen molar-refractivity contribution in [1.82, 2.24) is 9.13 Å². The molecule has 2 aromatic heterocycles. The number of benzene rings is 7. The summed E-state index contributed by atoms with van der Waals surface area (Å²) >= 11 is 0. The molecular formula is C45H36N2Si. The number of rotatable bonds is 5. The maximum atomic E-state index is 2.47. The molecule has 0 N–H and O–H groups in total. The van der Waals surface area contributed by atoms with Crippen molar-refractivity contribution in [3.8, 4) is 22.5 Å². The van der Waals surface area contributed by atoms with E-state index in [2.05, 4.69) is 193 Å². The van der Waals surface area contributed by atoms with E-state index < -0.39 is 8.07 Å². The monoisotopic (exact) mass is 632 g/mol.